The number of piperidine rings is 1. The van der Waals surface area contributed by atoms with Crippen molar-refractivity contribution >= 4 is 17.5 Å². The Morgan fingerprint density at radius 3 is 2.57 bits per heavy atom. The predicted molar refractivity (Wildman–Crippen MR) is 90.5 cm³/mol. The van der Waals surface area contributed by atoms with E-state index in [-0.39, 0.29) is 5.91 Å². The molecule has 0 N–H and O–H groups in total. The summed E-state index contributed by atoms with van der Waals surface area (Å²) in [7, 11) is 3.09. The third-order valence-corrected chi connectivity index (χ3v) is 5.54. The lowest BCUT2D eigenvalue weighted by molar-refractivity contribution is 0.0520. The fraction of sp³-hybridized carbons (Fsp3) is 0.611. The first-order valence-electron chi connectivity index (χ1n) is 8.34. The van der Waals surface area contributed by atoms with Crippen LogP contribution in [0.2, 0.25) is 5.02 Å². The van der Waals surface area contributed by atoms with E-state index in [0.717, 1.165) is 25.4 Å². The number of amides is 1. The lowest BCUT2D eigenvalue weighted by Crippen LogP contribution is -2.44. The molecule has 1 saturated carbocycles. The number of rotatable bonds is 3. The number of likely N-dealkylation sites (tertiary alicyclic amines) is 1. The van der Waals surface area contributed by atoms with Crippen LogP contribution >= 0.6 is 11.6 Å². The standard InChI is InChI=1S/C18H24ClNO3/c1-22-16-10-14(9-15(19)17(16)23-2)18(21)20-8-7-12-5-3-4-6-13(12)11-20/h9-10,12-13H,3-8,11H2,1-2H3/t12-,13-/m1/s1. The molecule has 2 aliphatic rings. The number of halogens is 1. The van der Waals surface area contributed by atoms with E-state index in [1.165, 1.54) is 25.7 Å². The summed E-state index contributed by atoms with van der Waals surface area (Å²) in [5, 5.41) is 0.405. The molecule has 2 atom stereocenters. The third-order valence-electron chi connectivity index (χ3n) is 5.26. The second-order valence-electron chi connectivity index (χ2n) is 6.54. The number of ether oxygens (including phenoxy) is 2. The van der Waals surface area contributed by atoms with Crippen molar-refractivity contribution in [1.82, 2.24) is 4.90 Å². The van der Waals surface area contributed by atoms with Crippen LogP contribution in [0.25, 0.3) is 0 Å². The van der Waals surface area contributed by atoms with Crippen LogP contribution in [-0.2, 0) is 0 Å². The normalized spacial score (nSPS) is 24.0. The average molecular weight is 338 g/mol. The topological polar surface area (TPSA) is 38.8 Å². The molecule has 126 valence electrons. The molecule has 1 aliphatic carbocycles. The van der Waals surface area contributed by atoms with Gasteiger partial charge in [0.25, 0.3) is 5.91 Å². The molecule has 0 radical (unpaired) electrons. The first-order chi connectivity index (χ1) is 11.1. The Morgan fingerprint density at radius 1 is 1.13 bits per heavy atom. The largest absolute Gasteiger partial charge is 0.493 e. The van der Waals surface area contributed by atoms with Gasteiger partial charge in [0.1, 0.15) is 0 Å². The Bertz CT molecular complexity index is 590. The van der Waals surface area contributed by atoms with Gasteiger partial charge in [-0.3, -0.25) is 4.79 Å². The zero-order valence-electron chi connectivity index (χ0n) is 13.8. The van der Waals surface area contributed by atoms with Crippen LogP contribution in [0, 0.1) is 11.8 Å². The summed E-state index contributed by atoms with van der Waals surface area (Å²) in [6.45, 7) is 1.71. The average Bonchev–Trinajstić information content (AvgIpc) is 2.59. The van der Waals surface area contributed by atoms with Crippen molar-refractivity contribution in [2.75, 3.05) is 27.3 Å². The number of carbonyl (C=O) groups is 1. The first-order valence-corrected chi connectivity index (χ1v) is 8.72. The van der Waals surface area contributed by atoms with Gasteiger partial charge in [0.05, 0.1) is 19.2 Å². The molecule has 0 aromatic heterocycles. The molecule has 0 spiro atoms. The molecule has 0 bridgehead atoms. The number of benzene rings is 1. The van der Waals surface area contributed by atoms with Crippen LogP contribution in [-0.4, -0.2) is 38.1 Å². The first kappa shape index (κ1) is 16.4. The molecular formula is C18H24ClNO3. The highest BCUT2D eigenvalue weighted by molar-refractivity contribution is 6.32. The highest BCUT2D eigenvalue weighted by Crippen LogP contribution is 2.38. The number of nitrogens with zero attached hydrogens (tertiary/aromatic N) is 1. The highest BCUT2D eigenvalue weighted by Gasteiger charge is 2.33. The van der Waals surface area contributed by atoms with Gasteiger partial charge >= 0.3 is 0 Å². The molecule has 1 aromatic rings. The minimum atomic E-state index is 0.0388. The van der Waals surface area contributed by atoms with Crippen LogP contribution in [0.15, 0.2) is 12.1 Å². The van der Waals surface area contributed by atoms with Crippen molar-refractivity contribution in [2.24, 2.45) is 11.8 Å². The molecule has 3 rings (SSSR count). The van der Waals surface area contributed by atoms with E-state index in [9.17, 15) is 4.79 Å². The van der Waals surface area contributed by atoms with Gasteiger partial charge in [-0.1, -0.05) is 30.9 Å². The summed E-state index contributed by atoms with van der Waals surface area (Å²) in [6.07, 6.45) is 6.35. The summed E-state index contributed by atoms with van der Waals surface area (Å²) in [4.78, 5) is 14.8. The van der Waals surface area contributed by atoms with E-state index in [2.05, 4.69) is 0 Å². The van der Waals surface area contributed by atoms with E-state index in [0.29, 0.717) is 28.0 Å². The predicted octanol–water partition coefficient (Wildman–Crippen LogP) is 4.01. The molecule has 1 heterocycles. The van der Waals surface area contributed by atoms with Crippen LogP contribution < -0.4 is 9.47 Å². The Labute approximate surface area is 142 Å². The molecule has 1 aliphatic heterocycles. The second kappa shape index (κ2) is 7.00. The second-order valence-corrected chi connectivity index (χ2v) is 6.95. The van der Waals surface area contributed by atoms with Gasteiger partial charge < -0.3 is 14.4 Å². The molecule has 2 fully saturated rings. The van der Waals surface area contributed by atoms with E-state index in [4.69, 9.17) is 21.1 Å². The lowest BCUT2D eigenvalue weighted by atomic mass is 9.75. The maximum atomic E-state index is 12.9. The van der Waals surface area contributed by atoms with Gasteiger partial charge in [-0.05, 0) is 36.8 Å². The molecule has 4 nitrogen and oxygen atoms in total. The third kappa shape index (κ3) is 3.27. The van der Waals surface area contributed by atoms with Crippen LogP contribution in [0.1, 0.15) is 42.5 Å². The minimum Gasteiger partial charge on any atom is -0.493 e. The van der Waals surface area contributed by atoms with Gasteiger partial charge in [-0.25, -0.2) is 0 Å². The van der Waals surface area contributed by atoms with Gasteiger partial charge in [0, 0.05) is 18.7 Å². The molecule has 1 saturated heterocycles. The zero-order chi connectivity index (χ0) is 16.4. The summed E-state index contributed by atoms with van der Waals surface area (Å²) >= 11 is 6.23. The number of hydrogen-bond acceptors (Lipinski definition) is 3. The van der Waals surface area contributed by atoms with E-state index < -0.39 is 0 Å². The fourth-order valence-electron chi connectivity index (χ4n) is 4.01. The molecule has 1 amide bonds. The Kier molecular flexibility index (Phi) is 5.00. The van der Waals surface area contributed by atoms with Crippen molar-refractivity contribution in [3.05, 3.63) is 22.7 Å². The summed E-state index contributed by atoms with van der Waals surface area (Å²) in [6, 6.07) is 3.40. The van der Waals surface area contributed by atoms with Crippen LogP contribution in [0.5, 0.6) is 11.5 Å². The van der Waals surface area contributed by atoms with Crippen LogP contribution in [0.3, 0.4) is 0 Å². The van der Waals surface area contributed by atoms with Gasteiger partial charge in [-0.2, -0.15) is 0 Å². The molecule has 5 heteroatoms. The zero-order valence-corrected chi connectivity index (χ0v) is 14.6. The minimum absolute atomic E-state index is 0.0388. The number of methoxy groups -OCH3 is 2. The van der Waals surface area contributed by atoms with E-state index in [1.807, 2.05) is 4.90 Å². The van der Waals surface area contributed by atoms with E-state index in [1.54, 1.807) is 26.4 Å². The van der Waals surface area contributed by atoms with Gasteiger partial charge in [0.2, 0.25) is 0 Å². The maximum Gasteiger partial charge on any atom is 0.254 e. The summed E-state index contributed by atoms with van der Waals surface area (Å²) in [5.74, 6) is 2.48. The number of hydrogen-bond donors (Lipinski definition) is 0. The smallest absolute Gasteiger partial charge is 0.254 e. The lowest BCUT2D eigenvalue weighted by Gasteiger charge is -2.41. The molecular weight excluding hydrogens is 314 g/mol. The Morgan fingerprint density at radius 2 is 1.87 bits per heavy atom. The quantitative estimate of drug-likeness (QED) is 0.836. The maximum absolute atomic E-state index is 12.9. The molecule has 23 heavy (non-hydrogen) atoms. The van der Waals surface area contributed by atoms with Crippen molar-refractivity contribution < 1.29 is 14.3 Å². The highest BCUT2D eigenvalue weighted by atomic mass is 35.5. The van der Waals surface area contributed by atoms with Crippen LogP contribution in [0.4, 0.5) is 0 Å². The number of carbonyl (C=O) groups excluding carboxylic acids is 1. The summed E-state index contributed by atoms with van der Waals surface area (Å²) in [5.41, 5.74) is 0.571. The van der Waals surface area contributed by atoms with Crippen molar-refractivity contribution in [2.45, 2.75) is 32.1 Å². The fourth-order valence-corrected chi connectivity index (χ4v) is 4.30. The van der Waals surface area contributed by atoms with Crippen molar-refractivity contribution in [3.8, 4) is 11.5 Å². The monoisotopic (exact) mass is 337 g/mol. The molecule has 0 unspecified atom stereocenters. The van der Waals surface area contributed by atoms with Gasteiger partial charge in [-0.15, -0.1) is 0 Å². The van der Waals surface area contributed by atoms with Crippen molar-refractivity contribution in [1.29, 1.82) is 0 Å². The molecule has 1 aromatic carbocycles. The van der Waals surface area contributed by atoms with Crippen molar-refractivity contribution in [3.63, 3.8) is 0 Å². The number of fused-ring (bicyclic) bond motifs is 1. The Balaban J connectivity index is 1.79. The summed E-state index contributed by atoms with van der Waals surface area (Å²) < 4.78 is 10.5. The SMILES string of the molecule is COc1cc(C(=O)N2CC[C@H]3CCCC[C@@H]3C2)cc(Cl)c1OC. The van der Waals surface area contributed by atoms with Gasteiger partial charge in [0.15, 0.2) is 11.5 Å². The Hall–Kier alpha value is -1.42. The van der Waals surface area contributed by atoms with E-state index >= 15 is 0 Å².